The van der Waals surface area contributed by atoms with E-state index in [1.807, 2.05) is 19.1 Å². The Labute approximate surface area is 140 Å². The van der Waals surface area contributed by atoms with E-state index in [0.717, 1.165) is 24.1 Å². The van der Waals surface area contributed by atoms with Crippen LogP contribution in [0.1, 0.15) is 17.5 Å². The van der Waals surface area contributed by atoms with Gasteiger partial charge in [0.2, 0.25) is 5.91 Å². The molecule has 1 amide bonds. The van der Waals surface area contributed by atoms with Gasteiger partial charge in [-0.3, -0.25) is 4.79 Å². The van der Waals surface area contributed by atoms with E-state index < -0.39 is 0 Å². The molecule has 5 heteroatoms. The molecule has 2 aromatic rings. The predicted octanol–water partition coefficient (Wildman–Crippen LogP) is 3.95. The predicted molar refractivity (Wildman–Crippen MR) is 92.4 cm³/mol. The summed E-state index contributed by atoms with van der Waals surface area (Å²) in [5, 5.41) is 6.66. The number of carbonyl (C=O) groups is 1. The maximum Gasteiger partial charge on any atom is 0.225 e. The molecular weight excluding hydrogens is 315 g/mol. The van der Waals surface area contributed by atoms with Crippen molar-refractivity contribution in [2.75, 3.05) is 18.4 Å². The molecule has 0 bridgehead atoms. The van der Waals surface area contributed by atoms with Gasteiger partial charge in [0.15, 0.2) is 0 Å². The third kappa shape index (κ3) is 6.00. The lowest BCUT2D eigenvalue weighted by Gasteiger charge is -2.08. The van der Waals surface area contributed by atoms with Crippen molar-refractivity contribution in [2.24, 2.45) is 0 Å². The highest BCUT2D eigenvalue weighted by Crippen LogP contribution is 2.19. The van der Waals surface area contributed by atoms with Gasteiger partial charge < -0.3 is 10.6 Å². The molecule has 0 saturated heterocycles. The second kappa shape index (κ2) is 8.65. The Balaban J connectivity index is 1.64. The molecule has 122 valence electrons. The zero-order valence-electron chi connectivity index (χ0n) is 13.0. The third-order valence-corrected chi connectivity index (χ3v) is 3.90. The standard InChI is InChI=1S/C18H20ClFN2O/c1-13-2-7-16(12-17(13)19)22-18(23)9-11-21-10-8-14-3-5-15(20)6-4-14/h2-7,12,21H,8-11H2,1H3,(H,22,23). The summed E-state index contributed by atoms with van der Waals surface area (Å²) >= 11 is 6.02. The van der Waals surface area contributed by atoms with Crippen LogP contribution in [0.15, 0.2) is 42.5 Å². The summed E-state index contributed by atoms with van der Waals surface area (Å²) in [7, 11) is 0. The summed E-state index contributed by atoms with van der Waals surface area (Å²) in [5.74, 6) is -0.284. The fourth-order valence-electron chi connectivity index (χ4n) is 2.10. The normalized spacial score (nSPS) is 10.6. The highest BCUT2D eigenvalue weighted by molar-refractivity contribution is 6.31. The van der Waals surface area contributed by atoms with Gasteiger partial charge in [-0.2, -0.15) is 0 Å². The Bertz CT molecular complexity index is 659. The van der Waals surface area contributed by atoms with Gasteiger partial charge in [-0.25, -0.2) is 4.39 Å². The van der Waals surface area contributed by atoms with Gasteiger partial charge in [-0.15, -0.1) is 0 Å². The van der Waals surface area contributed by atoms with E-state index in [0.29, 0.717) is 23.7 Å². The van der Waals surface area contributed by atoms with Gasteiger partial charge >= 0.3 is 0 Å². The van der Waals surface area contributed by atoms with Crippen LogP contribution in [-0.2, 0) is 11.2 Å². The molecule has 0 aliphatic carbocycles. The molecule has 0 saturated carbocycles. The average Bonchev–Trinajstić information content (AvgIpc) is 2.52. The Kier molecular flexibility index (Phi) is 6.56. The number of halogens is 2. The largest absolute Gasteiger partial charge is 0.326 e. The van der Waals surface area contributed by atoms with E-state index in [1.54, 1.807) is 18.2 Å². The quantitative estimate of drug-likeness (QED) is 0.753. The lowest BCUT2D eigenvalue weighted by Crippen LogP contribution is -2.23. The Morgan fingerprint density at radius 3 is 2.57 bits per heavy atom. The van der Waals surface area contributed by atoms with Crippen molar-refractivity contribution in [3.63, 3.8) is 0 Å². The van der Waals surface area contributed by atoms with E-state index in [9.17, 15) is 9.18 Å². The second-order valence-electron chi connectivity index (χ2n) is 5.39. The number of hydrogen-bond donors (Lipinski definition) is 2. The zero-order chi connectivity index (χ0) is 16.7. The maximum absolute atomic E-state index is 12.8. The van der Waals surface area contributed by atoms with E-state index >= 15 is 0 Å². The molecule has 2 aromatic carbocycles. The van der Waals surface area contributed by atoms with E-state index in [2.05, 4.69) is 10.6 Å². The lowest BCUT2D eigenvalue weighted by atomic mass is 10.1. The minimum absolute atomic E-state index is 0.0563. The van der Waals surface area contributed by atoms with Crippen molar-refractivity contribution in [1.82, 2.24) is 5.32 Å². The molecule has 0 radical (unpaired) electrons. The van der Waals surface area contributed by atoms with Crippen molar-refractivity contribution in [1.29, 1.82) is 0 Å². The van der Waals surface area contributed by atoms with Crippen LogP contribution in [-0.4, -0.2) is 19.0 Å². The molecule has 23 heavy (non-hydrogen) atoms. The molecule has 2 N–H and O–H groups in total. The number of carbonyl (C=O) groups excluding carboxylic acids is 1. The van der Waals surface area contributed by atoms with Gasteiger partial charge in [0, 0.05) is 23.7 Å². The molecule has 0 aliphatic rings. The first-order valence-corrected chi connectivity index (χ1v) is 7.93. The van der Waals surface area contributed by atoms with Crippen LogP contribution >= 0.6 is 11.6 Å². The summed E-state index contributed by atoms with van der Waals surface area (Å²) < 4.78 is 12.8. The zero-order valence-corrected chi connectivity index (χ0v) is 13.8. The number of rotatable bonds is 7. The Morgan fingerprint density at radius 2 is 1.87 bits per heavy atom. The van der Waals surface area contributed by atoms with Crippen LogP contribution in [0.5, 0.6) is 0 Å². The van der Waals surface area contributed by atoms with Crippen molar-refractivity contribution in [3.8, 4) is 0 Å². The molecule has 0 aromatic heterocycles. The van der Waals surface area contributed by atoms with Crippen LogP contribution in [0.2, 0.25) is 5.02 Å². The van der Waals surface area contributed by atoms with Crippen molar-refractivity contribution < 1.29 is 9.18 Å². The fraction of sp³-hybridized carbons (Fsp3) is 0.278. The van der Waals surface area contributed by atoms with E-state index in [4.69, 9.17) is 11.6 Å². The molecule has 0 aliphatic heterocycles. The smallest absolute Gasteiger partial charge is 0.225 e. The summed E-state index contributed by atoms with van der Waals surface area (Å²) in [4.78, 5) is 11.8. The first kappa shape index (κ1) is 17.4. The number of aryl methyl sites for hydroxylation is 1. The van der Waals surface area contributed by atoms with Crippen molar-refractivity contribution >= 4 is 23.2 Å². The number of hydrogen-bond acceptors (Lipinski definition) is 2. The van der Waals surface area contributed by atoms with Crippen molar-refractivity contribution in [3.05, 3.63) is 64.4 Å². The molecule has 0 spiro atoms. The fourth-order valence-corrected chi connectivity index (χ4v) is 2.29. The highest BCUT2D eigenvalue weighted by atomic mass is 35.5. The number of benzene rings is 2. The Hall–Kier alpha value is -1.91. The first-order valence-electron chi connectivity index (χ1n) is 7.56. The molecule has 0 atom stereocenters. The van der Waals surface area contributed by atoms with Crippen LogP contribution < -0.4 is 10.6 Å². The Morgan fingerprint density at radius 1 is 1.13 bits per heavy atom. The van der Waals surface area contributed by atoms with Gasteiger partial charge in [0.25, 0.3) is 0 Å². The summed E-state index contributed by atoms with van der Waals surface area (Å²) in [6, 6.07) is 11.9. The molecule has 0 heterocycles. The maximum atomic E-state index is 12.8. The van der Waals surface area contributed by atoms with Crippen LogP contribution in [0.25, 0.3) is 0 Å². The topological polar surface area (TPSA) is 41.1 Å². The third-order valence-electron chi connectivity index (χ3n) is 3.49. The van der Waals surface area contributed by atoms with Crippen LogP contribution in [0.3, 0.4) is 0 Å². The first-order chi connectivity index (χ1) is 11.0. The minimum Gasteiger partial charge on any atom is -0.326 e. The molecule has 0 unspecified atom stereocenters. The van der Waals surface area contributed by atoms with E-state index in [1.165, 1.54) is 12.1 Å². The number of anilines is 1. The van der Waals surface area contributed by atoms with Gasteiger partial charge in [0.05, 0.1) is 0 Å². The van der Waals surface area contributed by atoms with Gasteiger partial charge in [-0.05, 0) is 55.3 Å². The SMILES string of the molecule is Cc1ccc(NC(=O)CCNCCc2ccc(F)cc2)cc1Cl. The minimum atomic E-state index is -0.227. The number of amides is 1. The average molecular weight is 335 g/mol. The molecular formula is C18H20ClFN2O. The monoisotopic (exact) mass is 334 g/mol. The number of nitrogens with one attached hydrogen (secondary N) is 2. The van der Waals surface area contributed by atoms with Crippen LogP contribution in [0.4, 0.5) is 10.1 Å². The van der Waals surface area contributed by atoms with Crippen LogP contribution in [0, 0.1) is 12.7 Å². The molecule has 0 fully saturated rings. The van der Waals surface area contributed by atoms with Gasteiger partial charge in [-0.1, -0.05) is 29.8 Å². The molecule has 2 rings (SSSR count). The van der Waals surface area contributed by atoms with Gasteiger partial charge in [0.1, 0.15) is 5.82 Å². The summed E-state index contributed by atoms with van der Waals surface area (Å²) in [6.45, 7) is 3.25. The van der Waals surface area contributed by atoms with Crippen molar-refractivity contribution in [2.45, 2.75) is 19.8 Å². The molecule has 3 nitrogen and oxygen atoms in total. The highest BCUT2D eigenvalue weighted by Gasteiger charge is 2.04. The summed E-state index contributed by atoms with van der Waals surface area (Å²) in [6.07, 6.45) is 1.18. The second-order valence-corrected chi connectivity index (χ2v) is 5.80. The summed E-state index contributed by atoms with van der Waals surface area (Å²) in [5.41, 5.74) is 2.75. The lowest BCUT2D eigenvalue weighted by molar-refractivity contribution is -0.116. The van der Waals surface area contributed by atoms with E-state index in [-0.39, 0.29) is 11.7 Å².